The molecule has 8 nitrogen and oxygen atoms in total. The predicted molar refractivity (Wildman–Crippen MR) is 79.2 cm³/mol. The number of hydrogen-bond acceptors (Lipinski definition) is 6. The summed E-state index contributed by atoms with van der Waals surface area (Å²) in [5.41, 5.74) is 0. The summed E-state index contributed by atoms with van der Waals surface area (Å²) in [5, 5.41) is 0. The molecule has 0 aliphatic rings. The average Bonchev–Trinajstić information content (AvgIpc) is 2.77. The van der Waals surface area contributed by atoms with Gasteiger partial charge in [0.1, 0.15) is 19.0 Å². The van der Waals surface area contributed by atoms with Crippen LogP contribution in [0.2, 0.25) is 0 Å². The van der Waals surface area contributed by atoms with Crippen molar-refractivity contribution in [2.45, 2.75) is 33.2 Å². The van der Waals surface area contributed by atoms with E-state index >= 15 is 0 Å². The molecule has 0 aliphatic carbocycles. The van der Waals surface area contributed by atoms with Crippen molar-refractivity contribution >= 4 is 10.4 Å². The highest BCUT2D eigenvalue weighted by atomic mass is 32.3. The number of ether oxygens (including phenoxy) is 2. The number of methoxy groups -OCH3 is 1. The number of nitrogens with zero attached hydrogens (tertiary/aromatic N) is 2. The van der Waals surface area contributed by atoms with E-state index in [0.29, 0.717) is 13.2 Å². The van der Waals surface area contributed by atoms with Gasteiger partial charge in [-0.25, -0.2) is 13.0 Å². The third-order valence-corrected chi connectivity index (χ3v) is 3.08. The first-order valence-corrected chi connectivity index (χ1v) is 8.45. The normalized spacial score (nSPS) is 11.0. The predicted octanol–water partition coefficient (Wildman–Crippen LogP) is 0.621. The molecule has 1 heterocycles. The molecule has 0 unspecified atom stereocenters. The van der Waals surface area contributed by atoms with E-state index < -0.39 is 10.4 Å². The second-order valence-corrected chi connectivity index (χ2v) is 5.45. The second-order valence-electron chi connectivity index (χ2n) is 4.39. The van der Waals surface area contributed by atoms with Crippen LogP contribution in [0.5, 0.6) is 6.01 Å². The Hall–Kier alpha value is -1.16. The van der Waals surface area contributed by atoms with E-state index in [0.717, 1.165) is 12.6 Å². The van der Waals surface area contributed by atoms with Crippen LogP contribution in [0.1, 0.15) is 26.7 Å². The standard InChI is InChI=1S/C11H21N2O2.C2H6O4S/c1-4-5-6-13-8-7-12(2)11(13)15-10-9-14-3;1-2-6-7(3,4)5/h7-8H,4-6,9-10H2,1-3H3;2H2,1H3,(H,3,4,5)/q+1;/p-1. The Labute approximate surface area is 132 Å². The zero-order valence-corrected chi connectivity index (χ0v) is 14.5. The number of rotatable bonds is 9. The second kappa shape index (κ2) is 11.4. The van der Waals surface area contributed by atoms with E-state index in [9.17, 15) is 13.0 Å². The molecule has 130 valence electrons. The summed E-state index contributed by atoms with van der Waals surface area (Å²) in [6, 6.07) is 0.903. The molecule has 0 amide bonds. The molecule has 0 N–H and O–H groups in total. The van der Waals surface area contributed by atoms with Crippen molar-refractivity contribution in [3.63, 3.8) is 0 Å². The smallest absolute Gasteiger partial charge is 0.455 e. The zero-order valence-electron chi connectivity index (χ0n) is 13.6. The minimum Gasteiger partial charge on any atom is -0.726 e. The van der Waals surface area contributed by atoms with Gasteiger partial charge in [-0.15, -0.1) is 0 Å². The Balaban J connectivity index is 0.000000534. The van der Waals surface area contributed by atoms with Crippen molar-refractivity contribution < 1.29 is 31.2 Å². The van der Waals surface area contributed by atoms with Gasteiger partial charge in [0.15, 0.2) is 0 Å². The van der Waals surface area contributed by atoms with Crippen LogP contribution in [0.4, 0.5) is 0 Å². The van der Waals surface area contributed by atoms with Gasteiger partial charge in [0, 0.05) is 7.11 Å². The Morgan fingerprint density at radius 2 is 2.00 bits per heavy atom. The molecule has 0 saturated heterocycles. The van der Waals surface area contributed by atoms with Crippen molar-refractivity contribution in [3.05, 3.63) is 12.4 Å². The van der Waals surface area contributed by atoms with Crippen LogP contribution in [0.25, 0.3) is 0 Å². The molecular weight excluding hydrogens is 312 g/mol. The number of aryl methyl sites for hydroxylation is 2. The molecule has 0 bridgehead atoms. The van der Waals surface area contributed by atoms with Gasteiger partial charge in [-0.05, 0) is 13.3 Å². The van der Waals surface area contributed by atoms with Gasteiger partial charge in [-0.3, -0.25) is 4.18 Å². The maximum atomic E-state index is 9.45. The fourth-order valence-electron chi connectivity index (χ4n) is 1.55. The van der Waals surface area contributed by atoms with Crippen LogP contribution in [0.3, 0.4) is 0 Å². The molecule has 0 atom stereocenters. The molecule has 1 rings (SSSR count). The highest BCUT2D eigenvalue weighted by Crippen LogP contribution is 2.03. The summed E-state index contributed by atoms with van der Waals surface area (Å²) in [5.74, 6) is 0. The van der Waals surface area contributed by atoms with Crippen LogP contribution in [0.15, 0.2) is 12.4 Å². The van der Waals surface area contributed by atoms with E-state index in [2.05, 4.69) is 21.9 Å². The molecule has 1 aromatic rings. The number of aromatic nitrogens is 2. The van der Waals surface area contributed by atoms with Gasteiger partial charge in [0.2, 0.25) is 10.4 Å². The van der Waals surface area contributed by atoms with Gasteiger partial charge in [0.25, 0.3) is 0 Å². The van der Waals surface area contributed by atoms with Gasteiger partial charge in [-0.2, -0.15) is 4.57 Å². The summed E-state index contributed by atoms with van der Waals surface area (Å²) in [4.78, 5) is 0. The molecule has 0 fully saturated rings. The number of imidazole rings is 1. The first-order chi connectivity index (χ1) is 10.4. The van der Waals surface area contributed by atoms with Gasteiger partial charge >= 0.3 is 6.01 Å². The number of hydrogen-bond donors (Lipinski definition) is 0. The Morgan fingerprint density at radius 1 is 1.32 bits per heavy atom. The van der Waals surface area contributed by atoms with Crippen LogP contribution in [-0.2, 0) is 32.9 Å². The van der Waals surface area contributed by atoms with Crippen molar-refractivity contribution in [2.24, 2.45) is 7.05 Å². The third-order valence-electron chi connectivity index (χ3n) is 2.55. The topological polar surface area (TPSA) is 93.7 Å². The van der Waals surface area contributed by atoms with E-state index in [-0.39, 0.29) is 6.61 Å². The number of unbranched alkanes of at least 4 members (excludes halogenated alkanes) is 1. The first kappa shape index (κ1) is 20.8. The van der Waals surface area contributed by atoms with Gasteiger partial charge in [-0.1, -0.05) is 13.3 Å². The largest absolute Gasteiger partial charge is 0.726 e. The maximum Gasteiger partial charge on any atom is 0.455 e. The summed E-state index contributed by atoms with van der Waals surface area (Å²) < 4.78 is 46.7. The molecule has 0 saturated carbocycles. The monoisotopic (exact) mass is 338 g/mol. The SMILES string of the molecule is CCCC[n+]1ccn(C)c1OCCOC.CCOS(=O)(=O)[O-]. The first-order valence-electron chi connectivity index (χ1n) is 7.12. The van der Waals surface area contributed by atoms with Crippen molar-refractivity contribution in [2.75, 3.05) is 26.9 Å². The third kappa shape index (κ3) is 9.72. The van der Waals surface area contributed by atoms with Crippen LogP contribution in [-0.4, -0.2) is 44.5 Å². The maximum absolute atomic E-state index is 9.45. The van der Waals surface area contributed by atoms with Crippen LogP contribution in [0, 0.1) is 0 Å². The van der Waals surface area contributed by atoms with E-state index in [1.54, 1.807) is 7.11 Å². The Morgan fingerprint density at radius 3 is 2.45 bits per heavy atom. The van der Waals surface area contributed by atoms with E-state index in [1.165, 1.54) is 19.8 Å². The average molecular weight is 338 g/mol. The lowest BCUT2D eigenvalue weighted by atomic mass is 10.3. The Bertz CT molecular complexity index is 501. The van der Waals surface area contributed by atoms with Crippen molar-refractivity contribution in [1.29, 1.82) is 0 Å². The molecule has 22 heavy (non-hydrogen) atoms. The molecular formula is C13H26N2O6S. The zero-order chi connectivity index (χ0) is 17.0. The lowest BCUT2D eigenvalue weighted by molar-refractivity contribution is -0.701. The van der Waals surface area contributed by atoms with Crippen LogP contribution < -0.4 is 9.30 Å². The summed E-state index contributed by atoms with van der Waals surface area (Å²) in [6.07, 6.45) is 6.43. The fraction of sp³-hybridized carbons (Fsp3) is 0.769. The molecule has 0 radical (unpaired) electrons. The van der Waals surface area contributed by atoms with Crippen LogP contribution >= 0.6 is 0 Å². The quantitative estimate of drug-likeness (QED) is 0.284. The molecule has 9 heteroatoms. The summed E-state index contributed by atoms with van der Waals surface area (Å²) in [6.45, 7) is 5.76. The van der Waals surface area contributed by atoms with Gasteiger partial charge in [0.05, 0.1) is 26.8 Å². The molecule has 0 aromatic carbocycles. The highest BCUT2D eigenvalue weighted by molar-refractivity contribution is 7.80. The van der Waals surface area contributed by atoms with Crippen molar-refractivity contribution in [3.8, 4) is 6.01 Å². The molecule has 0 spiro atoms. The summed E-state index contributed by atoms with van der Waals surface area (Å²) >= 11 is 0. The van der Waals surface area contributed by atoms with E-state index in [1.807, 2.05) is 17.8 Å². The van der Waals surface area contributed by atoms with E-state index in [4.69, 9.17) is 9.47 Å². The minimum atomic E-state index is -4.42. The summed E-state index contributed by atoms with van der Waals surface area (Å²) in [7, 11) is -0.753. The minimum absolute atomic E-state index is 0.0914. The lowest BCUT2D eigenvalue weighted by Gasteiger charge is -2.03. The Kier molecular flexibility index (Phi) is 10.8. The molecule has 0 aliphatic heterocycles. The van der Waals surface area contributed by atoms with Gasteiger partial charge < -0.3 is 14.0 Å². The lowest BCUT2D eigenvalue weighted by Crippen LogP contribution is -2.34. The molecule has 1 aromatic heterocycles. The van der Waals surface area contributed by atoms with Crippen molar-refractivity contribution in [1.82, 2.24) is 4.57 Å². The highest BCUT2D eigenvalue weighted by Gasteiger charge is 2.15. The fourth-order valence-corrected chi connectivity index (χ4v) is 1.84.